The molecule has 2 heterocycles. The number of hydrogen-bond donors (Lipinski definition) is 0. The zero-order valence-electron chi connectivity index (χ0n) is 11.1. The van der Waals surface area contributed by atoms with Crippen molar-refractivity contribution in [3.63, 3.8) is 0 Å². The summed E-state index contributed by atoms with van der Waals surface area (Å²) >= 11 is 0. The van der Waals surface area contributed by atoms with E-state index in [-0.39, 0.29) is 11.9 Å². The lowest BCUT2D eigenvalue weighted by Gasteiger charge is -2.09. The molecule has 1 atom stereocenters. The van der Waals surface area contributed by atoms with Gasteiger partial charge < -0.3 is 9.09 Å². The van der Waals surface area contributed by atoms with Crippen LogP contribution in [0.25, 0.3) is 11.4 Å². The first-order valence-electron chi connectivity index (χ1n) is 6.24. The molecule has 2 aromatic heterocycles. The van der Waals surface area contributed by atoms with E-state index in [9.17, 15) is 4.39 Å². The molecule has 0 radical (unpaired) electrons. The third-order valence-electron chi connectivity index (χ3n) is 3.18. The largest absolute Gasteiger partial charge is 0.337 e. The van der Waals surface area contributed by atoms with Crippen molar-refractivity contribution >= 4 is 0 Å². The van der Waals surface area contributed by atoms with E-state index in [4.69, 9.17) is 4.52 Å². The molecule has 20 heavy (non-hydrogen) atoms. The van der Waals surface area contributed by atoms with E-state index in [0.29, 0.717) is 11.7 Å². The van der Waals surface area contributed by atoms with Crippen molar-refractivity contribution in [1.82, 2.24) is 19.7 Å². The maximum Gasteiger partial charge on any atom is 0.249 e. The molecule has 0 bridgehead atoms. The number of nitrogens with zero attached hydrogens (tertiary/aromatic N) is 4. The predicted molar refractivity (Wildman–Crippen MR) is 70.5 cm³/mol. The lowest BCUT2D eigenvalue weighted by Crippen LogP contribution is -2.07. The number of hydrogen-bond acceptors (Lipinski definition) is 4. The summed E-state index contributed by atoms with van der Waals surface area (Å²) in [5, 5.41) is 3.93. The molecule has 3 rings (SSSR count). The summed E-state index contributed by atoms with van der Waals surface area (Å²) in [6, 6.07) is 5.89. The summed E-state index contributed by atoms with van der Waals surface area (Å²) in [7, 11) is 0. The van der Waals surface area contributed by atoms with Gasteiger partial charge in [-0.25, -0.2) is 9.37 Å². The maximum atomic E-state index is 12.9. The molecule has 0 saturated carbocycles. The number of imidazole rings is 1. The summed E-state index contributed by atoms with van der Waals surface area (Å²) in [6.45, 7) is 3.87. The van der Waals surface area contributed by atoms with Gasteiger partial charge in [-0.05, 0) is 38.1 Å². The smallest absolute Gasteiger partial charge is 0.249 e. The topological polar surface area (TPSA) is 56.7 Å². The van der Waals surface area contributed by atoms with Crippen LogP contribution in [0.4, 0.5) is 4.39 Å². The second-order valence-corrected chi connectivity index (χ2v) is 4.52. The van der Waals surface area contributed by atoms with Crippen molar-refractivity contribution in [1.29, 1.82) is 0 Å². The van der Waals surface area contributed by atoms with E-state index in [1.807, 2.05) is 24.6 Å². The van der Waals surface area contributed by atoms with Gasteiger partial charge in [0.25, 0.3) is 0 Å². The molecule has 0 fully saturated rings. The van der Waals surface area contributed by atoms with Crippen LogP contribution in [0.3, 0.4) is 0 Å². The summed E-state index contributed by atoms with van der Waals surface area (Å²) in [5.74, 6) is 1.52. The second kappa shape index (κ2) is 4.88. The first kappa shape index (κ1) is 12.5. The van der Waals surface area contributed by atoms with Crippen LogP contribution < -0.4 is 0 Å². The average molecular weight is 272 g/mol. The Labute approximate surface area is 115 Å². The van der Waals surface area contributed by atoms with Crippen LogP contribution in [-0.4, -0.2) is 19.7 Å². The number of aromatic nitrogens is 4. The minimum Gasteiger partial charge on any atom is -0.337 e. The molecule has 1 unspecified atom stereocenters. The Balaban J connectivity index is 1.90. The summed E-state index contributed by atoms with van der Waals surface area (Å²) < 4.78 is 20.1. The molecule has 0 aliphatic carbocycles. The van der Waals surface area contributed by atoms with E-state index < -0.39 is 0 Å². The first-order valence-corrected chi connectivity index (χ1v) is 6.24. The Morgan fingerprint density at radius 2 is 2.00 bits per heavy atom. The zero-order valence-corrected chi connectivity index (χ0v) is 11.1. The van der Waals surface area contributed by atoms with Crippen molar-refractivity contribution in [2.75, 3.05) is 0 Å². The molecule has 0 aliphatic rings. The minimum atomic E-state index is -0.292. The highest BCUT2D eigenvalue weighted by atomic mass is 19.1. The van der Waals surface area contributed by atoms with Crippen LogP contribution in [0.2, 0.25) is 0 Å². The summed E-state index contributed by atoms with van der Waals surface area (Å²) in [6.07, 6.45) is 3.59. The van der Waals surface area contributed by atoms with Crippen LogP contribution in [0.5, 0.6) is 0 Å². The van der Waals surface area contributed by atoms with E-state index in [1.54, 1.807) is 18.3 Å². The first-order chi connectivity index (χ1) is 9.65. The lowest BCUT2D eigenvalue weighted by atomic mass is 10.2. The fourth-order valence-electron chi connectivity index (χ4n) is 2.04. The van der Waals surface area contributed by atoms with Crippen molar-refractivity contribution in [3.8, 4) is 11.4 Å². The van der Waals surface area contributed by atoms with Crippen LogP contribution in [0.15, 0.2) is 41.2 Å². The minimum absolute atomic E-state index is 0.0980. The van der Waals surface area contributed by atoms with Crippen molar-refractivity contribution in [2.45, 2.75) is 19.9 Å². The van der Waals surface area contributed by atoms with Gasteiger partial charge in [-0.3, -0.25) is 0 Å². The highest BCUT2D eigenvalue weighted by Crippen LogP contribution is 2.21. The highest BCUT2D eigenvalue weighted by molar-refractivity contribution is 5.53. The third-order valence-corrected chi connectivity index (χ3v) is 3.18. The maximum absolute atomic E-state index is 12.9. The Kier molecular flexibility index (Phi) is 3.06. The Morgan fingerprint density at radius 1 is 1.25 bits per heavy atom. The lowest BCUT2D eigenvalue weighted by molar-refractivity contribution is 0.344. The molecule has 3 aromatic rings. The molecule has 1 aromatic carbocycles. The normalized spacial score (nSPS) is 12.6. The van der Waals surface area contributed by atoms with Gasteiger partial charge in [0.1, 0.15) is 17.7 Å². The Morgan fingerprint density at radius 3 is 2.65 bits per heavy atom. The van der Waals surface area contributed by atoms with E-state index in [1.165, 1.54) is 12.1 Å². The standard InChI is InChI=1S/C14H13FN4O/c1-9(19-8-7-16-10(19)2)14-17-13(18-20-14)11-3-5-12(15)6-4-11/h3-9H,1-2H3. The molecule has 0 aliphatic heterocycles. The molecule has 5 nitrogen and oxygen atoms in total. The van der Waals surface area contributed by atoms with Crippen LogP contribution in [0, 0.1) is 12.7 Å². The predicted octanol–water partition coefficient (Wildman–Crippen LogP) is 2.99. The van der Waals surface area contributed by atoms with Gasteiger partial charge >= 0.3 is 0 Å². The number of halogens is 1. The van der Waals surface area contributed by atoms with Gasteiger partial charge in [0.05, 0.1) is 0 Å². The molecular weight excluding hydrogens is 259 g/mol. The Bertz CT molecular complexity index is 717. The Hall–Kier alpha value is -2.50. The summed E-state index contributed by atoms with van der Waals surface area (Å²) in [5.41, 5.74) is 0.718. The number of aryl methyl sites for hydroxylation is 1. The summed E-state index contributed by atoms with van der Waals surface area (Å²) in [4.78, 5) is 8.53. The second-order valence-electron chi connectivity index (χ2n) is 4.52. The fraction of sp³-hybridized carbons (Fsp3) is 0.214. The molecule has 0 N–H and O–H groups in total. The molecule has 102 valence electrons. The molecular formula is C14H13FN4O. The van der Waals surface area contributed by atoms with E-state index in [0.717, 1.165) is 11.4 Å². The van der Waals surface area contributed by atoms with Gasteiger partial charge in [-0.15, -0.1) is 0 Å². The van der Waals surface area contributed by atoms with Crippen molar-refractivity contribution < 1.29 is 8.91 Å². The number of benzene rings is 1. The third kappa shape index (κ3) is 2.20. The van der Waals surface area contributed by atoms with E-state index in [2.05, 4.69) is 15.1 Å². The molecule has 6 heteroatoms. The molecule has 0 amide bonds. The van der Waals surface area contributed by atoms with Crippen LogP contribution in [-0.2, 0) is 0 Å². The zero-order chi connectivity index (χ0) is 14.1. The van der Waals surface area contributed by atoms with Crippen LogP contribution >= 0.6 is 0 Å². The van der Waals surface area contributed by atoms with Crippen molar-refractivity contribution in [3.05, 3.63) is 54.2 Å². The van der Waals surface area contributed by atoms with Gasteiger partial charge in [0.2, 0.25) is 11.7 Å². The van der Waals surface area contributed by atoms with Crippen LogP contribution in [0.1, 0.15) is 24.7 Å². The monoisotopic (exact) mass is 272 g/mol. The van der Waals surface area contributed by atoms with Gasteiger partial charge in [-0.1, -0.05) is 5.16 Å². The quantitative estimate of drug-likeness (QED) is 0.735. The van der Waals surface area contributed by atoms with Crippen molar-refractivity contribution in [2.24, 2.45) is 0 Å². The number of rotatable bonds is 3. The fourth-order valence-corrected chi connectivity index (χ4v) is 2.04. The SMILES string of the molecule is Cc1nccn1C(C)c1nc(-c2ccc(F)cc2)no1. The molecule has 0 spiro atoms. The molecule has 0 saturated heterocycles. The highest BCUT2D eigenvalue weighted by Gasteiger charge is 2.17. The van der Waals surface area contributed by atoms with E-state index >= 15 is 0 Å². The average Bonchev–Trinajstić information content (AvgIpc) is 3.08. The van der Waals surface area contributed by atoms with Gasteiger partial charge in [0, 0.05) is 18.0 Å². The van der Waals surface area contributed by atoms with Gasteiger partial charge in [-0.2, -0.15) is 4.98 Å². The van der Waals surface area contributed by atoms with Gasteiger partial charge in [0.15, 0.2) is 0 Å².